The van der Waals surface area contributed by atoms with E-state index >= 15 is 0 Å². The second-order valence-electron chi connectivity index (χ2n) is 9.70. The van der Waals surface area contributed by atoms with Crippen molar-refractivity contribution in [1.29, 1.82) is 0 Å². The fraction of sp³-hybridized carbons (Fsp3) is 0.393. The van der Waals surface area contributed by atoms with Crippen LogP contribution < -0.4 is 0 Å². The Bertz CT molecular complexity index is 1450. The van der Waals surface area contributed by atoms with Crippen molar-refractivity contribution in [2.75, 3.05) is 13.2 Å². The molecule has 2 heterocycles. The summed E-state index contributed by atoms with van der Waals surface area (Å²) in [6.45, 7) is 8.05. The number of nitrogens with zero attached hydrogens (tertiary/aromatic N) is 1. The van der Waals surface area contributed by atoms with Gasteiger partial charge in [0.2, 0.25) is 0 Å². The van der Waals surface area contributed by atoms with E-state index in [2.05, 4.69) is 19.5 Å². The van der Waals surface area contributed by atoms with Gasteiger partial charge in [-0.15, -0.1) is 0 Å². The molecule has 0 fully saturated rings. The van der Waals surface area contributed by atoms with E-state index in [4.69, 9.17) is 0 Å². The maximum absolute atomic E-state index is 12.7. The molecule has 0 radical (unpaired) electrons. The van der Waals surface area contributed by atoms with Gasteiger partial charge in [0.05, 0.1) is 28.2 Å². The average Bonchev–Trinajstić information content (AvgIpc) is 3.25. The van der Waals surface area contributed by atoms with Crippen molar-refractivity contribution in [3.05, 3.63) is 73.7 Å². The molecule has 1 aliphatic rings. The first-order chi connectivity index (χ1) is 18.3. The number of aromatic amines is 1. The van der Waals surface area contributed by atoms with Gasteiger partial charge in [0.25, 0.3) is 0 Å². The smallest absolute Gasteiger partial charge is 0.422 e. The number of aromatic nitrogens is 1. The van der Waals surface area contributed by atoms with Crippen LogP contribution in [0, 0.1) is 34.6 Å². The highest BCUT2D eigenvalue weighted by molar-refractivity contribution is 6.22. The standard InChI is InChI=1S/C28H28F6N2O4/c1-12-8-13(2)19(14(3)9-12)22(23-15(4)20(17(6)35-23)25(37)39-10-27(29,30)31)24-16(5)21(18(7)36-24)26(38)40-11-28(32,33)34/h8-9,35H,10-11H2,1-7H3/b24-22-. The van der Waals surface area contributed by atoms with Crippen LogP contribution in [0.15, 0.2) is 34.0 Å². The zero-order valence-electron chi connectivity index (χ0n) is 22.9. The molecule has 6 nitrogen and oxygen atoms in total. The predicted octanol–water partition coefficient (Wildman–Crippen LogP) is 6.93. The van der Waals surface area contributed by atoms with Gasteiger partial charge in [0, 0.05) is 11.3 Å². The number of rotatable bonds is 6. The van der Waals surface area contributed by atoms with Crippen molar-refractivity contribution in [1.82, 2.24) is 4.98 Å². The molecule has 216 valence electrons. The molecule has 0 saturated carbocycles. The molecule has 0 aliphatic carbocycles. The van der Waals surface area contributed by atoms with Crippen molar-refractivity contribution in [2.24, 2.45) is 4.99 Å². The summed E-state index contributed by atoms with van der Waals surface area (Å²) in [6, 6.07) is 3.80. The van der Waals surface area contributed by atoms with Crippen molar-refractivity contribution < 1.29 is 45.4 Å². The number of hydrogen-bond donors (Lipinski definition) is 1. The van der Waals surface area contributed by atoms with Gasteiger partial charge >= 0.3 is 24.3 Å². The third kappa shape index (κ3) is 6.48. The van der Waals surface area contributed by atoms with Gasteiger partial charge in [-0.25, -0.2) is 9.59 Å². The number of alkyl halides is 6. The number of benzene rings is 1. The van der Waals surface area contributed by atoms with E-state index in [1.54, 1.807) is 0 Å². The zero-order valence-corrected chi connectivity index (χ0v) is 22.9. The monoisotopic (exact) mass is 570 g/mol. The first kappa shape index (κ1) is 30.7. The fourth-order valence-corrected chi connectivity index (χ4v) is 4.92. The maximum atomic E-state index is 12.7. The number of aliphatic imine (C=N–C) groups is 1. The van der Waals surface area contributed by atoms with Crippen LogP contribution in [0.25, 0.3) is 5.57 Å². The normalized spacial score (nSPS) is 15.4. The number of H-pyrrole nitrogens is 1. The molecule has 0 amide bonds. The molecule has 3 rings (SSSR count). The topological polar surface area (TPSA) is 80.8 Å². The molecule has 0 atom stereocenters. The highest BCUT2D eigenvalue weighted by Crippen LogP contribution is 2.41. The van der Waals surface area contributed by atoms with E-state index in [0.29, 0.717) is 16.8 Å². The van der Waals surface area contributed by atoms with Gasteiger partial charge in [-0.1, -0.05) is 17.7 Å². The molecule has 1 aromatic heterocycles. The molecule has 1 N–H and O–H groups in total. The summed E-state index contributed by atoms with van der Waals surface area (Å²) < 4.78 is 85.2. The fourth-order valence-electron chi connectivity index (χ4n) is 4.92. The third-order valence-electron chi connectivity index (χ3n) is 6.36. The first-order valence-corrected chi connectivity index (χ1v) is 12.1. The van der Waals surface area contributed by atoms with Gasteiger partial charge in [-0.05, 0) is 76.3 Å². The largest absolute Gasteiger partial charge is 0.452 e. The third-order valence-corrected chi connectivity index (χ3v) is 6.36. The Balaban J connectivity index is 2.29. The number of allylic oxidation sites excluding steroid dienone is 1. The van der Waals surface area contributed by atoms with Crippen molar-refractivity contribution in [2.45, 2.75) is 60.8 Å². The molecule has 12 heteroatoms. The van der Waals surface area contributed by atoms with Crippen molar-refractivity contribution >= 4 is 23.2 Å². The summed E-state index contributed by atoms with van der Waals surface area (Å²) in [5.74, 6) is -2.37. The van der Waals surface area contributed by atoms with Crippen LogP contribution in [0.2, 0.25) is 0 Å². The van der Waals surface area contributed by atoms with Gasteiger partial charge < -0.3 is 14.5 Å². The minimum atomic E-state index is -4.72. The van der Waals surface area contributed by atoms with Gasteiger partial charge in [-0.2, -0.15) is 26.3 Å². The summed E-state index contributed by atoms with van der Waals surface area (Å²) in [6.07, 6.45) is -9.43. The molecule has 1 aromatic carbocycles. The lowest BCUT2D eigenvalue weighted by atomic mass is 9.87. The van der Waals surface area contributed by atoms with E-state index in [-0.39, 0.29) is 39.4 Å². The summed E-state index contributed by atoms with van der Waals surface area (Å²) in [5.41, 5.74) is 4.87. The molecule has 2 aromatic rings. The SMILES string of the molecule is CC1=N/C(=C(\c2[nH]c(C)c(C(=O)OCC(F)(F)F)c2C)c2c(C)cc(C)cc2C)C(C)=C1C(=O)OCC(F)(F)F. The minimum Gasteiger partial charge on any atom is -0.452 e. The second-order valence-corrected chi connectivity index (χ2v) is 9.70. The van der Waals surface area contributed by atoms with Gasteiger partial charge in [0.15, 0.2) is 13.2 Å². The van der Waals surface area contributed by atoms with Crippen LogP contribution in [-0.4, -0.2) is 48.2 Å². The maximum Gasteiger partial charge on any atom is 0.422 e. The van der Waals surface area contributed by atoms with Crippen LogP contribution in [0.3, 0.4) is 0 Å². The van der Waals surface area contributed by atoms with Crippen LogP contribution >= 0.6 is 0 Å². The quantitative estimate of drug-likeness (QED) is 0.302. The number of halogens is 6. The molecule has 0 spiro atoms. The van der Waals surface area contributed by atoms with E-state index in [1.807, 2.05) is 32.9 Å². The number of ether oxygens (including phenoxy) is 2. The first-order valence-electron chi connectivity index (χ1n) is 12.1. The number of esters is 2. The summed E-state index contributed by atoms with van der Waals surface area (Å²) in [5, 5.41) is 0. The van der Waals surface area contributed by atoms with E-state index < -0.39 is 37.5 Å². The Kier molecular flexibility index (Phi) is 8.43. The lowest BCUT2D eigenvalue weighted by Gasteiger charge is -2.18. The van der Waals surface area contributed by atoms with Crippen LogP contribution in [0.4, 0.5) is 26.3 Å². The Labute approximate surface area is 226 Å². The highest BCUT2D eigenvalue weighted by atomic mass is 19.4. The molecular formula is C28H28F6N2O4. The molecule has 0 unspecified atom stereocenters. The summed E-state index contributed by atoms with van der Waals surface area (Å²) in [7, 11) is 0. The molecule has 1 aliphatic heterocycles. The molecule has 0 saturated heterocycles. The average molecular weight is 571 g/mol. The molecule has 40 heavy (non-hydrogen) atoms. The number of carbonyl (C=O) groups excluding carboxylic acids is 2. The second kappa shape index (κ2) is 11.0. The minimum absolute atomic E-state index is 0.0927. The Morgan fingerprint density at radius 1 is 0.800 bits per heavy atom. The number of aryl methyl sites for hydroxylation is 4. The number of carbonyl (C=O) groups is 2. The van der Waals surface area contributed by atoms with Crippen molar-refractivity contribution in [3.63, 3.8) is 0 Å². The summed E-state index contributed by atoms with van der Waals surface area (Å²) in [4.78, 5) is 32.9. The van der Waals surface area contributed by atoms with E-state index in [0.717, 1.165) is 16.7 Å². The Morgan fingerprint density at radius 3 is 1.80 bits per heavy atom. The Hall–Kier alpha value is -3.83. The van der Waals surface area contributed by atoms with Crippen molar-refractivity contribution in [3.8, 4) is 0 Å². The molecule has 0 bridgehead atoms. The van der Waals surface area contributed by atoms with Crippen LogP contribution in [0.5, 0.6) is 0 Å². The zero-order chi connectivity index (χ0) is 30.3. The highest BCUT2D eigenvalue weighted by Gasteiger charge is 2.35. The van der Waals surface area contributed by atoms with Gasteiger partial charge in [-0.3, -0.25) is 4.99 Å². The van der Waals surface area contributed by atoms with E-state index in [9.17, 15) is 35.9 Å². The van der Waals surface area contributed by atoms with Crippen LogP contribution in [0.1, 0.15) is 63.4 Å². The Morgan fingerprint density at radius 2 is 1.30 bits per heavy atom. The van der Waals surface area contributed by atoms with Crippen LogP contribution in [-0.2, 0) is 14.3 Å². The number of hydrogen-bond acceptors (Lipinski definition) is 5. The number of nitrogens with one attached hydrogen (secondary N) is 1. The molecular weight excluding hydrogens is 542 g/mol. The summed E-state index contributed by atoms with van der Waals surface area (Å²) >= 11 is 0. The van der Waals surface area contributed by atoms with Gasteiger partial charge in [0.1, 0.15) is 0 Å². The van der Waals surface area contributed by atoms with E-state index in [1.165, 1.54) is 27.7 Å². The lowest BCUT2D eigenvalue weighted by Crippen LogP contribution is -2.22. The predicted molar refractivity (Wildman–Crippen MR) is 136 cm³/mol. The lowest BCUT2D eigenvalue weighted by molar-refractivity contribution is -0.183.